The van der Waals surface area contributed by atoms with Gasteiger partial charge in [0, 0.05) is 12.5 Å². The van der Waals surface area contributed by atoms with Gasteiger partial charge in [0.25, 0.3) is 0 Å². The van der Waals surface area contributed by atoms with E-state index in [0.717, 1.165) is 30.0 Å². The molecule has 1 aromatic rings. The van der Waals surface area contributed by atoms with Gasteiger partial charge < -0.3 is 10.3 Å². The Hall–Kier alpha value is -0.900. The predicted octanol–water partition coefficient (Wildman–Crippen LogP) is 3.08. The molecule has 1 aromatic heterocycles. The van der Waals surface area contributed by atoms with E-state index in [2.05, 4.69) is 28.6 Å². The Labute approximate surface area is 127 Å². The van der Waals surface area contributed by atoms with E-state index in [1.807, 2.05) is 0 Å². The normalized spacial score (nSPS) is 37.6. The van der Waals surface area contributed by atoms with E-state index in [-0.39, 0.29) is 0 Å². The van der Waals surface area contributed by atoms with Gasteiger partial charge in [-0.2, -0.15) is 0 Å². The van der Waals surface area contributed by atoms with Crippen LogP contribution in [0.3, 0.4) is 0 Å². The van der Waals surface area contributed by atoms with Crippen LogP contribution in [0.2, 0.25) is 0 Å². The number of hydrogen-bond acceptors (Lipinski definition) is 3. The Morgan fingerprint density at radius 2 is 1.57 bits per heavy atom. The lowest BCUT2D eigenvalue weighted by Crippen LogP contribution is -2.47. The average molecular weight is 288 g/mol. The van der Waals surface area contributed by atoms with Crippen molar-refractivity contribution in [3.05, 3.63) is 11.6 Å². The molecule has 0 amide bonds. The first-order valence-corrected chi connectivity index (χ1v) is 8.71. The minimum absolute atomic E-state index is 0.405. The fourth-order valence-electron chi connectivity index (χ4n) is 6.06. The molecule has 21 heavy (non-hydrogen) atoms. The third-order valence-corrected chi connectivity index (χ3v) is 6.23. The molecule has 0 atom stereocenters. The summed E-state index contributed by atoms with van der Waals surface area (Å²) in [6, 6.07) is 0.405. The molecule has 0 spiro atoms. The van der Waals surface area contributed by atoms with Crippen LogP contribution in [0.4, 0.5) is 0 Å². The van der Waals surface area contributed by atoms with Crippen molar-refractivity contribution in [1.82, 2.24) is 14.8 Å². The van der Waals surface area contributed by atoms with Crippen molar-refractivity contribution in [2.24, 2.45) is 28.9 Å². The molecule has 5 rings (SSSR count). The summed E-state index contributed by atoms with van der Waals surface area (Å²) in [6.07, 6.45) is 9.94. The van der Waals surface area contributed by atoms with Crippen LogP contribution in [0, 0.1) is 23.2 Å². The molecule has 4 saturated carbocycles. The first-order valence-electron chi connectivity index (χ1n) is 8.71. The number of hydrogen-bond donors (Lipinski definition) is 1. The van der Waals surface area contributed by atoms with Crippen LogP contribution in [-0.4, -0.2) is 14.8 Å². The molecule has 0 saturated heterocycles. The van der Waals surface area contributed by atoms with Gasteiger partial charge >= 0.3 is 0 Å². The molecule has 0 radical (unpaired) electrons. The van der Waals surface area contributed by atoms with Crippen LogP contribution >= 0.6 is 0 Å². The van der Waals surface area contributed by atoms with Crippen molar-refractivity contribution in [3.8, 4) is 0 Å². The van der Waals surface area contributed by atoms with E-state index in [1.54, 1.807) is 0 Å². The summed E-state index contributed by atoms with van der Waals surface area (Å²) in [4.78, 5) is 0. The molecule has 0 aliphatic heterocycles. The summed E-state index contributed by atoms with van der Waals surface area (Å²) < 4.78 is 2.29. The van der Waals surface area contributed by atoms with Crippen molar-refractivity contribution < 1.29 is 0 Å². The molecule has 1 heterocycles. The molecule has 4 bridgehead atoms. The molecule has 0 unspecified atom stereocenters. The zero-order chi connectivity index (χ0) is 14.6. The Kier molecular flexibility index (Phi) is 3.14. The molecule has 4 nitrogen and oxygen atoms in total. The molecule has 116 valence electrons. The van der Waals surface area contributed by atoms with Crippen LogP contribution < -0.4 is 5.73 Å². The Morgan fingerprint density at radius 3 is 2.05 bits per heavy atom. The van der Waals surface area contributed by atoms with Crippen molar-refractivity contribution >= 4 is 0 Å². The van der Waals surface area contributed by atoms with E-state index >= 15 is 0 Å². The van der Waals surface area contributed by atoms with Crippen molar-refractivity contribution in [2.45, 2.75) is 71.4 Å². The van der Waals surface area contributed by atoms with Gasteiger partial charge in [0.2, 0.25) is 0 Å². The van der Waals surface area contributed by atoms with E-state index in [9.17, 15) is 0 Å². The Morgan fingerprint density at radius 1 is 1.05 bits per heavy atom. The topological polar surface area (TPSA) is 56.7 Å². The van der Waals surface area contributed by atoms with Gasteiger partial charge in [0.1, 0.15) is 11.6 Å². The van der Waals surface area contributed by atoms with Crippen molar-refractivity contribution in [3.63, 3.8) is 0 Å². The highest BCUT2D eigenvalue weighted by molar-refractivity contribution is 5.08. The Bertz CT molecular complexity index is 496. The largest absolute Gasteiger partial charge is 0.324 e. The Balaban J connectivity index is 1.63. The smallest absolute Gasteiger partial charge is 0.147 e. The highest BCUT2D eigenvalue weighted by Gasteiger charge is 2.51. The standard InChI is InChI=1S/C17H28N4/c1-11(2)21-15(19-20-16(21)10-18)9-17-6-12-3-13(7-17)5-14(4-12)8-17/h11-14H,3-10,18H2,1-2H3. The van der Waals surface area contributed by atoms with Gasteiger partial charge in [-0.1, -0.05) is 0 Å². The SMILES string of the molecule is CC(C)n1c(CN)nnc1CC12CC3CC(CC(C3)C1)C2. The van der Waals surface area contributed by atoms with Crippen molar-refractivity contribution in [2.75, 3.05) is 0 Å². The van der Waals surface area contributed by atoms with E-state index in [0.29, 0.717) is 18.0 Å². The summed E-state index contributed by atoms with van der Waals surface area (Å²) in [5, 5.41) is 8.86. The number of nitrogens with two attached hydrogens (primary N) is 1. The molecule has 4 heteroatoms. The lowest BCUT2D eigenvalue weighted by Gasteiger charge is -2.56. The summed E-state index contributed by atoms with van der Waals surface area (Å²) in [6.45, 7) is 4.92. The summed E-state index contributed by atoms with van der Waals surface area (Å²) in [7, 11) is 0. The van der Waals surface area contributed by atoms with Crippen LogP contribution in [0.25, 0.3) is 0 Å². The lowest BCUT2D eigenvalue weighted by molar-refractivity contribution is -0.0536. The minimum atomic E-state index is 0.405. The van der Waals surface area contributed by atoms with Gasteiger partial charge in [-0.3, -0.25) is 0 Å². The van der Waals surface area contributed by atoms with Gasteiger partial charge in [0.15, 0.2) is 0 Å². The maximum atomic E-state index is 5.84. The summed E-state index contributed by atoms with van der Waals surface area (Å²) >= 11 is 0. The van der Waals surface area contributed by atoms with Gasteiger partial charge in [-0.05, 0) is 75.5 Å². The fraction of sp³-hybridized carbons (Fsp3) is 0.882. The van der Waals surface area contributed by atoms with Crippen LogP contribution in [-0.2, 0) is 13.0 Å². The monoisotopic (exact) mass is 288 g/mol. The van der Waals surface area contributed by atoms with Crippen LogP contribution in [0.5, 0.6) is 0 Å². The van der Waals surface area contributed by atoms with E-state index in [1.165, 1.54) is 44.3 Å². The second-order valence-corrected chi connectivity index (χ2v) is 8.29. The maximum absolute atomic E-state index is 5.84. The first-order chi connectivity index (χ1) is 10.1. The van der Waals surface area contributed by atoms with Gasteiger partial charge in [-0.15, -0.1) is 10.2 Å². The molecule has 4 aliphatic rings. The molecule has 0 aromatic carbocycles. The van der Waals surface area contributed by atoms with Crippen LogP contribution in [0.1, 0.15) is 70.1 Å². The fourth-order valence-corrected chi connectivity index (χ4v) is 6.06. The maximum Gasteiger partial charge on any atom is 0.147 e. The number of aromatic nitrogens is 3. The predicted molar refractivity (Wildman–Crippen MR) is 82.6 cm³/mol. The van der Waals surface area contributed by atoms with E-state index in [4.69, 9.17) is 5.73 Å². The highest BCUT2D eigenvalue weighted by atomic mass is 15.3. The van der Waals surface area contributed by atoms with Gasteiger partial charge in [-0.25, -0.2) is 0 Å². The average Bonchev–Trinajstić information content (AvgIpc) is 2.79. The van der Waals surface area contributed by atoms with Gasteiger partial charge in [0.05, 0.1) is 6.54 Å². The second kappa shape index (κ2) is 4.80. The molecule has 2 N–H and O–H groups in total. The molecule has 4 fully saturated rings. The van der Waals surface area contributed by atoms with Crippen molar-refractivity contribution in [1.29, 1.82) is 0 Å². The molecular weight excluding hydrogens is 260 g/mol. The first kappa shape index (κ1) is 13.7. The third-order valence-electron chi connectivity index (χ3n) is 6.23. The number of rotatable bonds is 4. The molecule has 4 aliphatic carbocycles. The number of nitrogens with zero attached hydrogens (tertiary/aromatic N) is 3. The van der Waals surface area contributed by atoms with Crippen LogP contribution in [0.15, 0.2) is 0 Å². The highest BCUT2D eigenvalue weighted by Crippen LogP contribution is 2.60. The third kappa shape index (κ3) is 2.23. The lowest BCUT2D eigenvalue weighted by atomic mass is 9.49. The summed E-state index contributed by atoms with van der Waals surface area (Å²) in [5.74, 6) is 5.14. The van der Waals surface area contributed by atoms with E-state index < -0.39 is 0 Å². The molecular formula is C17H28N4. The second-order valence-electron chi connectivity index (χ2n) is 8.29. The quantitative estimate of drug-likeness (QED) is 0.926. The zero-order valence-electron chi connectivity index (χ0n) is 13.4. The minimum Gasteiger partial charge on any atom is -0.324 e. The zero-order valence-corrected chi connectivity index (χ0v) is 13.4. The summed E-state index contributed by atoms with van der Waals surface area (Å²) in [5.41, 5.74) is 6.37.